The third kappa shape index (κ3) is 5.58. The van der Waals surface area contributed by atoms with Crippen molar-refractivity contribution in [2.24, 2.45) is 0 Å². The minimum absolute atomic E-state index is 0.252. The Hall–Kier alpha value is -0.120. The average molecular weight is 202 g/mol. The van der Waals surface area contributed by atoms with Crippen LogP contribution in [0.4, 0.5) is 0 Å². The van der Waals surface area contributed by atoms with Crippen LogP contribution in [0.1, 0.15) is 52.9 Å². The number of hydrogen-bond acceptors (Lipinski definition) is 3. The number of hydrogen-bond donors (Lipinski definition) is 0. The van der Waals surface area contributed by atoms with Crippen LogP contribution in [-0.4, -0.2) is 18.5 Å². The highest BCUT2D eigenvalue weighted by molar-refractivity contribution is 4.64. The van der Waals surface area contributed by atoms with Gasteiger partial charge in [-0.25, -0.2) is 9.78 Å². The van der Waals surface area contributed by atoms with Crippen molar-refractivity contribution in [3.8, 4) is 0 Å². The van der Waals surface area contributed by atoms with Gasteiger partial charge in [-0.2, -0.15) is 0 Å². The molecular formula is C11H22O3. The minimum Gasteiger partial charge on any atom is -0.349 e. The van der Waals surface area contributed by atoms with E-state index in [0.717, 1.165) is 0 Å². The van der Waals surface area contributed by atoms with Crippen molar-refractivity contribution < 1.29 is 14.5 Å². The molecule has 0 N–H and O–H groups in total. The second-order valence-electron chi connectivity index (χ2n) is 4.86. The van der Waals surface area contributed by atoms with Crippen LogP contribution in [0.3, 0.4) is 0 Å². The van der Waals surface area contributed by atoms with Crippen LogP contribution in [0, 0.1) is 0 Å². The molecule has 0 heterocycles. The summed E-state index contributed by atoms with van der Waals surface area (Å²) in [5.74, 6) is 0. The fourth-order valence-corrected chi connectivity index (χ4v) is 1.56. The lowest BCUT2D eigenvalue weighted by Crippen LogP contribution is -2.23. The maximum absolute atomic E-state index is 5.53. The molecule has 0 aromatic heterocycles. The van der Waals surface area contributed by atoms with Crippen molar-refractivity contribution in [3.63, 3.8) is 0 Å². The fraction of sp³-hybridized carbons (Fsp3) is 1.00. The monoisotopic (exact) mass is 202 g/mol. The van der Waals surface area contributed by atoms with E-state index >= 15 is 0 Å². The van der Waals surface area contributed by atoms with E-state index in [2.05, 4.69) is 0 Å². The molecule has 14 heavy (non-hydrogen) atoms. The van der Waals surface area contributed by atoms with Crippen LogP contribution in [0.2, 0.25) is 0 Å². The van der Waals surface area contributed by atoms with Crippen LogP contribution in [0.15, 0.2) is 0 Å². The van der Waals surface area contributed by atoms with Crippen molar-refractivity contribution >= 4 is 0 Å². The Morgan fingerprint density at radius 3 is 2.29 bits per heavy atom. The molecule has 84 valence electrons. The first-order chi connectivity index (χ1) is 6.58. The maximum Gasteiger partial charge on any atom is 0.181 e. The Bertz CT molecular complexity index is 145. The van der Waals surface area contributed by atoms with E-state index in [9.17, 15) is 0 Å². The number of ether oxygens (including phenoxy) is 1. The van der Waals surface area contributed by atoms with E-state index in [0.29, 0.717) is 6.10 Å². The third-order valence-corrected chi connectivity index (χ3v) is 2.21. The molecule has 0 spiro atoms. The second-order valence-corrected chi connectivity index (χ2v) is 4.86. The van der Waals surface area contributed by atoms with Gasteiger partial charge in [-0.15, -0.1) is 0 Å². The van der Waals surface area contributed by atoms with Gasteiger partial charge in [-0.1, -0.05) is 19.3 Å². The zero-order chi connectivity index (χ0) is 10.4. The van der Waals surface area contributed by atoms with Crippen molar-refractivity contribution in [1.82, 2.24) is 0 Å². The van der Waals surface area contributed by atoms with Crippen molar-refractivity contribution in [3.05, 3.63) is 0 Å². The normalized spacial score (nSPS) is 19.9. The minimum atomic E-state index is -0.254. The van der Waals surface area contributed by atoms with Crippen LogP contribution >= 0.6 is 0 Å². The molecule has 0 aromatic carbocycles. The molecule has 1 saturated carbocycles. The van der Waals surface area contributed by atoms with Gasteiger partial charge in [0.05, 0.1) is 11.7 Å². The molecule has 1 aliphatic rings. The quantitative estimate of drug-likeness (QED) is 0.303. The molecule has 0 atom stereocenters. The van der Waals surface area contributed by atoms with Gasteiger partial charge in [0.25, 0.3) is 0 Å². The average Bonchev–Trinajstić information content (AvgIpc) is 2.13. The smallest absolute Gasteiger partial charge is 0.181 e. The molecule has 3 nitrogen and oxygen atoms in total. The Kier molecular flexibility index (Phi) is 4.85. The molecule has 0 aromatic rings. The van der Waals surface area contributed by atoms with Gasteiger partial charge in [0.2, 0.25) is 0 Å². The standard InChI is InChI=1S/C11H22O3/c1-11(2,3)14-13-9-12-10-7-5-4-6-8-10/h10H,4-9H2,1-3H3. The zero-order valence-electron chi connectivity index (χ0n) is 9.54. The van der Waals surface area contributed by atoms with Gasteiger partial charge in [0.15, 0.2) is 6.79 Å². The van der Waals surface area contributed by atoms with E-state index in [-0.39, 0.29) is 12.4 Å². The second kappa shape index (κ2) is 5.69. The first kappa shape index (κ1) is 12.0. The Labute approximate surface area is 86.7 Å². The highest BCUT2D eigenvalue weighted by atomic mass is 17.2. The number of rotatable bonds is 4. The van der Waals surface area contributed by atoms with Crippen LogP contribution in [0.25, 0.3) is 0 Å². The van der Waals surface area contributed by atoms with Crippen LogP contribution in [-0.2, 0) is 14.5 Å². The molecule has 0 saturated heterocycles. The van der Waals surface area contributed by atoms with Gasteiger partial charge in [-0.05, 0) is 33.6 Å². The van der Waals surface area contributed by atoms with Gasteiger partial charge in [0.1, 0.15) is 0 Å². The van der Waals surface area contributed by atoms with E-state index in [4.69, 9.17) is 14.5 Å². The third-order valence-electron chi connectivity index (χ3n) is 2.21. The summed E-state index contributed by atoms with van der Waals surface area (Å²) in [5, 5.41) is 0. The molecule has 0 amide bonds. The summed E-state index contributed by atoms with van der Waals surface area (Å²) < 4.78 is 5.53. The Morgan fingerprint density at radius 2 is 1.71 bits per heavy atom. The molecule has 0 bridgehead atoms. The summed E-state index contributed by atoms with van der Waals surface area (Å²) in [7, 11) is 0. The van der Waals surface area contributed by atoms with Crippen molar-refractivity contribution in [1.29, 1.82) is 0 Å². The molecule has 1 aliphatic carbocycles. The first-order valence-corrected chi connectivity index (χ1v) is 5.50. The van der Waals surface area contributed by atoms with Crippen molar-refractivity contribution in [2.75, 3.05) is 6.79 Å². The topological polar surface area (TPSA) is 27.7 Å². The summed E-state index contributed by atoms with van der Waals surface area (Å²) in [6, 6.07) is 0. The summed E-state index contributed by atoms with van der Waals surface area (Å²) >= 11 is 0. The van der Waals surface area contributed by atoms with E-state index < -0.39 is 0 Å². The molecule has 0 aliphatic heterocycles. The summed E-state index contributed by atoms with van der Waals surface area (Å²) in [5.41, 5.74) is -0.254. The molecule has 1 fully saturated rings. The summed E-state index contributed by atoms with van der Waals surface area (Å²) in [6.45, 7) is 6.11. The molecule has 1 rings (SSSR count). The van der Waals surface area contributed by atoms with Crippen LogP contribution in [0.5, 0.6) is 0 Å². The Morgan fingerprint density at radius 1 is 1.07 bits per heavy atom. The highest BCUT2D eigenvalue weighted by Gasteiger charge is 2.15. The molecule has 3 heteroatoms. The SMILES string of the molecule is CC(C)(C)OOCOC1CCCCC1. The van der Waals surface area contributed by atoms with Gasteiger partial charge in [0, 0.05) is 0 Å². The highest BCUT2D eigenvalue weighted by Crippen LogP contribution is 2.20. The zero-order valence-corrected chi connectivity index (χ0v) is 9.54. The molecule has 0 unspecified atom stereocenters. The van der Waals surface area contributed by atoms with Gasteiger partial charge in [-0.3, -0.25) is 0 Å². The summed E-state index contributed by atoms with van der Waals surface area (Å²) in [4.78, 5) is 10.1. The van der Waals surface area contributed by atoms with Gasteiger partial charge < -0.3 is 4.74 Å². The maximum atomic E-state index is 5.53. The predicted molar refractivity (Wildman–Crippen MR) is 54.7 cm³/mol. The molecular weight excluding hydrogens is 180 g/mol. The van der Waals surface area contributed by atoms with E-state index in [1.165, 1.54) is 32.1 Å². The fourth-order valence-electron chi connectivity index (χ4n) is 1.56. The van der Waals surface area contributed by atoms with E-state index in [1.807, 2.05) is 20.8 Å². The first-order valence-electron chi connectivity index (χ1n) is 5.50. The van der Waals surface area contributed by atoms with Crippen LogP contribution < -0.4 is 0 Å². The molecule has 0 radical (unpaired) electrons. The Balaban J connectivity index is 1.97. The summed E-state index contributed by atoms with van der Waals surface area (Å²) in [6.07, 6.45) is 6.62. The predicted octanol–water partition coefficient (Wildman–Crippen LogP) is 3.04. The largest absolute Gasteiger partial charge is 0.349 e. The van der Waals surface area contributed by atoms with Gasteiger partial charge >= 0.3 is 0 Å². The lowest BCUT2D eigenvalue weighted by molar-refractivity contribution is -0.385. The van der Waals surface area contributed by atoms with E-state index in [1.54, 1.807) is 0 Å². The lowest BCUT2D eigenvalue weighted by atomic mass is 9.98. The van der Waals surface area contributed by atoms with Crippen molar-refractivity contribution in [2.45, 2.75) is 64.6 Å². The lowest BCUT2D eigenvalue weighted by Gasteiger charge is -2.23.